The number of fused-ring (bicyclic) bond motifs is 1. The molecule has 1 saturated heterocycles. The Balaban J connectivity index is 1.70. The summed E-state index contributed by atoms with van der Waals surface area (Å²) in [4.78, 5) is 47.9. The van der Waals surface area contributed by atoms with Crippen LogP contribution in [0, 0.1) is 0 Å². The van der Waals surface area contributed by atoms with Crippen molar-refractivity contribution in [1.29, 1.82) is 0 Å². The lowest BCUT2D eigenvalue weighted by atomic mass is 10.1. The van der Waals surface area contributed by atoms with Crippen LogP contribution in [0.2, 0.25) is 5.28 Å². The van der Waals surface area contributed by atoms with Gasteiger partial charge >= 0.3 is 17.9 Å². The zero-order valence-electron chi connectivity index (χ0n) is 19.6. The van der Waals surface area contributed by atoms with Gasteiger partial charge in [0.25, 0.3) is 0 Å². The lowest BCUT2D eigenvalue weighted by Gasteiger charge is -2.23. The Morgan fingerprint density at radius 1 is 1.00 bits per heavy atom. The number of rotatable bonds is 8. The first-order chi connectivity index (χ1) is 17.2. The topological polar surface area (TPSA) is 141 Å². The zero-order valence-corrected chi connectivity index (χ0v) is 20.4. The Morgan fingerprint density at radius 3 is 2.36 bits per heavy atom. The minimum absolute atomic E-state index is 0.109. The molecule has 36 heavy (non-hydrogen) atoms. The molecule has 13 heteroatoms. The molecule has 12 nitrogen and oxygen atoms in total. The number of imidazole rings is 1. The lowest BCUT2D eigenvalue weighted by Crippen LogP contribution is -2.40. The first-order valence-corrected chi connectivity index (χ1v) is 11.3. The van der Waals surface area contributed by atoms with Gasteiger partial charge in [-0.2, -0.15) is 9.97 Å². The molecule has 2 aromatic heterocycles. The predicted molar refractivity (Wildman–Crippen MR) is 123 cm³/mol. The number of hydrogen-bond acceptors (Lipinski definition) is 11. The number of benzene rings is 1. The molecular weight excluding hydrogens is 496 g/mol. The van der Waals surface area contributed by atoms with E-state index in [0.29, 0.717) is 0 Å². The molecule has 0 N–H and O–H groups in total. The first-order valence-electron chi connectivity index (χ1n) is 10.9. The van der Waals surface area contributed by atoms with Crippen LogP contribution in [0.15, 0.2) is 36.7 Å². The van der Waals surface area contributed by atoms with E-state index in [1.165, 1.54) is 31.7 Å². The maximum absolute atomic E-state index is 11.9. The Kier molecular flexibility index (Phi) is 7.65. The molecule has 0 saturated carbocycles. The van der Waals surface area contributed by atoms with Gasteiger partial charge in [-0.15, -0.1) is 0 Å². The molecule has 0 aliphatic carbocycles. The number of nitrogens with zero attached hydrogens (tertiary/aromatic N) is 4. The number of halogens is 1. The van der Waals surface area contributed by atoms with E-state index in [4.69, 9.17) is 35.3 Å². The summed E-state index contributed by atoms with van der Waals surface area (Å²) in [6, 6.07) is 9.45. The van der Waals surface area contributed by atoms with Crippen LogP contribution in [0.5, 0.6) is 5.88 Å². The van der Waals surface area contributed by atoms with Gasteiger partial charge in [-0.05, 0) is 17.2 Å². The molecule has 3 heterocycles. The summed E-state index contributed by atoms with van der Waals surface area (Å²) < 4.78 is 29.3. The summed E-state index contributed by atoms with van der Waals surface area (Å²) in [5.74, 6) is -1.68. The number of ether oxygens (including phenoxy) is 5. The SMILES string of the molecule is CC(=O)OC[C@H]1O[C@@H](n2cnc3c(OCc4ccccc4)nc(Cl)nc32)[C@H](OC(C)=O)[C@@H]1OC(C)=O. The summed E-state index contributed by atoms with van der Waals surface area (Å²) in [5, 5.41) is -0.109. The van der Waals surface area contributed by atoms with E-state index in [1.54, 1.807) is 0 Å². The number of hydrogen-bond donors (Lipinski definition) is 0. The van der Waals surface area contributed by atoms with Crippen molar-refractivity contribution in [3.05, 3.63) is 47.5 Å². The van der Waals surface area contributed by atoms with Crippen LogP contribution in [0.25, 0.3) is 11.2 Å². The molecule has 1 aliphatic heterocycles. The molecule has 0 unspecified atom stereocenters. The predicted octanol–water partition coefficient (Wildman–Crippen LogP) is 2.38. The third kappa shape index (κ3) is 5.71. The Morgan fingerprint density at radius 2 is 1.69 bits per heavy atom. The monoisotopic (exact) mass is 518 g/mol. The lowest BCUT2D eigenvalue weighted by molar-refractivity contribution is -0.166. The van der Waals surface area contributed by atoms with Crippen LogP contribution >= 0.6 is 11.6 Å². The molecule has 1 fully saturated rings. The van der Waals surface area contributed by atoms with Crippen molar-refractivity contribution in [3.63, 3.8) is 0 Å². The fraction of sp³-hybridized carbons (Fsp3) is 0.391. The van der Waals surface area contributed by atoms with Gasteiger partial charge in [0.05, 0.1) is 6.33 Å². The van der Waals surface area contributed by atoms with Gasteiger partial charge in [-0.3, -0.25) is 19.0 Å². The summed E-state index contributed by atoms with van der Waals surface area (Å²) >= 11 is 6.18. The third-order valence-corrected chi connectivity index (χ3v) is 5.36. The maximum atomic E-state index is 11.9. The number of carbonyl (C=O) groups is 3. The van der Waals surface area contributed by atoms with E-state index < -0.39 is 42.4 Å². The van der Waals surface area contributed by atoms with Crippen LogP contribution in [0.4, 0.5) is 0 Å². The second kappa shape index (κ2) is 10.9. The zero-order chi connectivity index (χ0) is 25.8. The molecule has 0 bridgehead atoms. The average Bonchev–Trinajstić information content (AvgIpc) is 3.37. The van der Waals surface area contributed by atoms with Crippen molar-refractivity contribution in [2.75, 3.05) is 6.61 Å². The molecular formula is C23H23ClN4O8. The Bertz CT molecular complexity index is 1270. The van der Waals surface area contributed by atoms with Crippen molar-refractivity contribution in [3.8, 4) is 5.88 Å². The van der Waals surface area contributed by atoms with E-state index in [-0.39, 0.29) is 35.5 Å². The minimum atomic E-state index is -1.10. The minimum Gasteiger partial charge on any atom is -0.471 e. The smallest absolute Gasteiger partial charge is 0.303 e. The average molecular weight is 519 g/mol. The Labute approximate surface area is 210 Å². The van der Waals surface area contributed by atoms with Crippen LogP contribution in [0.1, 0.15) is 32.6 Å². The Hall–Kier alpha value is -3.77. The summed E-state index contributed by atoms with van der Waals surface area (Å²) in [7, 11) is 0. The van der Waals surface area contributed by atoms with Gasteiger partial charge in [0.2, 0.25) is 11.2 Å². The van der Waals surface area contributed by atoms with Crippen LogP contribution < -0.4 is 4.74 Å². The van der Waals surface area contributed by atoms with Gasteiger partial charge in [0, 0.05) is 20.8 Å². The molecule has 4 rings (SSSR count). The van der Waals surface area contributed by atoms with E-state index in [1.807, 2.05) is 30.3 Å². The highest BCUT2D eigenvalue weighted by Gasteiger charge is 2.51. The molecule has 4 atom stereocenters. The van der Waals surface area contributed by atoms with Gasteiger partial charge < -0.3 is 23.7 Å². The fourth-order valence-corrected chi connectivity index (χ4v) is 3.95. The van der Waals surface area contributed by atoms with Crippen molar-refractivity contribution in [2.24, 2.45) is 0 Å². The quantitative estimate of drug-likeness (QED) is 0.246. The van der Waals surface area contributed by atoms with E-state index >= 15 is 0 Å². The highest BCUT2D eigenvalue weighted by Crippen LogP contribution is 2.37. The van der Waals surface area contributed by atoms with E-state index in [2.05, 4.69) is 15.0 Å². The molecule has 0 radical (unpaired) electrons. The van der Waals surface area contributed by atoms with Crippen molar-refractivity contribution in [2.45, 2.75) is 51.9 Å². The second-order valence-electron chi connectivity index (χ2n) is 7.91. The van der Waals surface area contributed by atoms with Gasteiger partial charge in [-0.25, -0.2) is 4.98 Å². The van der Waals surface area contributed by atoms with Crippen molar-refractivity contribution in [1.82, 2.24) is 19.5 Å². The number of aromatic nitrogens is 4. The molecule has 190 valence electrons. The number of carbonyl (C=O) groups excluding carboxylic acids is 3. The highest BCUT2D eigenvalue weighted by molar-refractivity contribution is 6.28. The number of esters is 3. The van der Waals surface area contributed by atoms with Crippen LogP contribution in [0.3, 0.4) is 0 Å². The van der Waals surface area contributed by atoms with Crippen molar-refractivity contribution >= 4 is 40.7 Å². The third-order valence-electron chi connectivity index (χ3n) is 5.20. The van der Waals surface area contributed by atoms with Gasteiger partial charge in [0.1, 0.15) is 19.3 Å². The summed E-state index contributed by atoms with van der Waals surface area (Å²) in [6.07, 6.45) is -2.76. The fourth-order valence-electron chi connectivity index (χ4n) is 3.79. The second-order valence-corrected chi connectivity index (χ2v) is 8.25. The molecule has 1 aromatic carbocycles. The normalized spacial score (nSPS) is 21.2. The van der Waals surface area contributed by atoms with Crippen molar-refractivity contribution < 1.29 is 38.1 Å². The first kappa shape index (κ1) is 25.3. The van der Waals surface area contributed by atoms with Crippen LogP contribution in [-0.2, 0) is 39.9 Å². The summed E-state index contributed by atoms with van der Waals surface area (Å²) in [6.45, 7) is 3.62. The van der Waals surface area contributed by atoms with E-state index in [0.717, 1.165) is 5.56 Å². The van der Waals surface area contributed by atoms with Gasteiger partial charge in [0.15, 0.2) is 29.6 Å². The molecule has 3 aromatic rings. The summed E-state index contributed by atoms with van der Waals surface area (Å²) in [5.41, 5.74) is 1.43. The van der Waals surface area contributed by atoms with Gasteiger partial charge in [-0.1, -0.05) is 30.3 Å². The largest absolute Gasteiger partial charge is 0.471 e. The highest BCUT2D eigenvalue weighted by atomic mass is 35.5. The molecule has 1 aliphatic rings. The maximum Gasteiger partial charge on any atom is 0.303 e. The molecule has 0 spiro atoms. The van der Waals surface area contributed by atoms with Crippen LogP contribution in [-0.4, -0.2) is 62.3 Å². The van der Waals surface area contributed by atoms with E-state index in [9.17, 15) is 14.4 Å². The standard InChI is InChI=1S/C23H23ClN4O8/c1-12(29)32-10-16-18(34-13(2)30)19(35-14(3)31)22(36-16)28-11-25-17-20(28)26-23(24)27-21(17)33-9-15-7-5-4-6-8-15/h4-8,11,16,18-19,22H,9-10H2,1-3H3/t16-,18-,19-,22-/m1/s1. The molecule has 0 amide bonds.